The zero-order valence-electron chi connectivity index (χ0n) is 6.25. The molecule has 2 rings (SSSR count). The Morgan fingerprint density at radius 1 is 1.50 bits per heavy atom. The molecular weight excluding hydrogens is 176 g/mol. The average molecular weight is 183 g/mol. The lowest BCUT2D eigenvalue weighted by molar-refractivity contribution is 0.282. The van der Waals surface area contributed by atoms with E-state index in [1.165, 1.54) is 0 Å². The number of ether oxygens (including phenoxy) is 1. The molecule has 0 bridgehead atoms. The number of aliphatic imine (C=N–C) groups is 1. The van der Waals surface area contributed by atoms with E-state index in [1.54, 1.807) is 6.07 Å². The van der Waals surface area contributed by atoms with Gasteiger partial charge in [0.25, 0.3) is 6.02 Å². The van der Waals surface area contributed by atoms with Crippen molar-refractivity contribution in [2.75, 3.05) is 0 Å². The standard InChI is InChI=1S/C8H7ClN2O/c9-6-1-2-7-5(3-6)4-12-8(10)11-7/h1-3H,4H2,(H2,10,11). The fourth-order valence-corrected chi connectivity index (χ4v) is 1.28. The third kappa shape index (κ3) is 1.23. The van der Waals surface area contributed by atoms with Crippen LogP contribution in [0.5, 0.6) is 0 Å². The van der Waals surface area contributed by atoms with Gasteiger partial charge in [0.2, 0.25) is 0 Å². The number of fused-ring (bicyclic) bond motifs is 1. The zero-order chi connectivity index (χ0) is 8.55. The van der Waals surface area contributed by atoms with Crippen LogP contribution in [0.2, 0.25) is 5.02 Å². The van der Waals surface area contributed by atoms with Gasteiger partial charge in [-0.15, -0.1) is 0 Å². The highest BCUT2D eigenvalue weighted by Crippen LogP contribution is 2.26. The number of halogens is 1. The summed E-state index contributed by atoms with van der Waals surface area (Å²) in [6.45, 7) is 0.450. The van der Waals surface area contributed by atoms with Gasteiger partial charge in [0.05, 0.1) is 5.69 Å². The first-order valence-corrected chi connectivity index (χ1v) is 3.89. The second-order valence-corrected chi connectivity index (χ2v) is 2.95. The Labute approximate surface area is 74.8 Å². The summed E-state index contributed by atoms with van der Waals surface area (Å²) < 4.78 is 5.03. The maximum absolute atomic E-state index is 5.78. The Morgan fingerprint density at radius 3 is 3.17 bits per heavy atom. The molecule has 0 spiro atoms. The minimum absolute atomic E-state index is 0.213. The predicted octanol–water partition coefficient (Wildman–Crippen LogP) is 1.82. The number of benzene rings is 1. The molecule has 0 aromatic heterocycles. The minimum atomic E-state index is 0.213. The number of amidine groups is 1. The molecule has 1 aliphatic rings. The summed E-state index contributed by atoms with van der Waals surface area (Å²) in [6.07, 6.45) is 0. The molecule has 12 heavy (non-hydrogen) atoms. The molecule has 4 heteroatoms. The zero-order valence-corrected chi connectivity index (χ0v) is 7.01. The van der Waals surface area contributed by atoms with Gasteiger partial charge in [-0.25, -0.2) is 0 Å². The number of nitrogens with zero attached hydrogens (tertiary/aromatic N) is 1. The van der Waals surface area contributed by atoms with Crippen molar-refractivity contribution in [3.63, 3.8) is 0 Å². The van der Waals surface area contributed by atoms with E-state index < -0.39 is 0 Å². The summed E-state index contributed by atoms with van der Waals surface area (Å²) in [4.78, 5) is 4.00. The molecule has 0 saturated carbocycles. The Hall–Kier alpha value is -1.22. The summed E-state index contributed by atoms with van der Waals surface area (Å²) in [6, 6.07) is 5.65. The molecule has 1 heterocycles. The summed E-state index contributed by atoms with van der Waals surface area (Å²) in [5.74, 6) is 0. The summed E-state index contributed by atoms with van der Waals surface area (Å²) in [5.41, 5.74) is 7.19. The summed E-state index contributed by atoms with van der Waals surface area (Å²) >= 11 is 5.78. The first-order valence-electron chi connectivity index (χ1n) is 3.51. The van der Waals surface area contributed by atoms with Crippen LogP contribution in [-0.2, 0) is 11.3 Å². The molecule has 1 aromatic rings. The van der Waals surface area contributed by atoms with Crippen molar-refractivity contribution < 1.29 is 4.74 Å². The van der Waals surface area contributed by atoms with Crippen LogP contribution in [0, 0.1) is 0 Å². The highest BCUT2D eigenvalue weighted by atomic mass is 35.5. The van der Waals surface area contributed by atoms with Crippen molar-refractivity contribution in [1.29, 1.82) is 0 Å². The second kappa shape index (κ2) is 2.68. The van der Waals surface area contributed by atoms with Gasteiger partial charge in [0.1, 0.15) is 6.61 Å². The monoisotopic (exact) mass is 182 g/mol. The van der Waals surface area contributed by atoms with Crippen molar-refractivity contribution >= 4 is 23.3 Å². The van der Waals surface area contributed by atoms with Crippen molar-refractivity contribution in [1.82, 2.24) is 0 Å². The second-order valence-electron chi connectivity index (χ2n) is 2.51. The molecular formula is C8H7ClN2O. The fourth-order valence-electron chi connectivity index (χ4n) is 1.08. The van der Waals surface area contributed by atoms with Crippen LogP contribution in [-0.4, -0.2) is 6.02 Å². The van der Waals surface area contributed by atoms with Crippen LogP contribution < -0.4 is 5.73 Å². The van der Waals surface area contributed by atoms with Crippen LogP contribution in [0.3, 0.4) is 0 Å². The van der Waals surface area contributed by atoms with Gasteiger partial charge in [-0.3, -0.25) is 0 Å². The van der Waals surface area contributed by atoms with E-state index in [2.05, 4.69) is 4.99 Å². The Morgan fingerprint density at radius 2 is 2.33 bits per heavy atom. The Bertz CT molecular complexity index is 349. The van der Waals surface area contributed by atoms with E-state index >= 15 is 0 Å². The van der Waals surface area contributed by atoms with Gasteiger partial charge in [-0.05, 0) is 18.2 Å². The van der Waals surface area contributed by atoms with Gasteiger partial charge in [-0.1, -0.05) is 11.6 Å². The molecule has 0 saturated heterocycles. The largest absolute Gasteiger partial charge is 0.460 e. The van der Waals surface area contributed by atoms with Crippen molar-refractivity contribution in [2.45, 2.75) is 6.61 Å². The predicted molar refractivity (Wildman–Crippen MR) is 47.5 cm³/mol. The number of nitrogens with two attached hydrogens (primary N) is 1. The summed E-state index contributed by atoms with van der Waals surface area (Å²) in [7, 11) is 0. The van der Waals surface area contributed by atoms with Crippen LogP contribution in [0.1, 0.15) is 5.56 Å². The summed E-state index contributed by atoms with van der Waals surface area (Å²) in [5, 5.41) is 0.688. The number of hydrogen-bond donors (Lipinski definition) is 1. The van der Waals surface area contributed by atoms with Crippen molar-refractivity contribution in [3.05, 3.63) is 28.8 Å². The molecule has 0 radical (unpaired) electrons. The first kappa shape index (κ1) is 7.43. The van der Waals surface area contributed by atoms with E-state index in [0.717, 1.165) is 11.3 Å². The minimum Gasteiger partial charge on any atom is -0.460 e. The van der Waals surface area contributed by atoms with E-state index in [0.29, 0.717) is 11.6 Å². The fraction of sp³-hybridized carbons (Fsp3) is 0.125. The molecule has 3 nitrogen and oxygen atoms in total. The molecule has 1 aromatic carbocycles. The molecule has 0 atom stereocenters. The van der Waals surface area contributed by atoms with Gasteiger partial charge in [-0.2, -0.15) is 4.99 Å². The maximum Gasteiger partial charge on any atom is 0.287 e. The lowest BCUT2D eigenvalue weighted by Gasteiger charge is -2.13. The normalized spacial score (nSPS) is 14.6. The van der Waals surface area contributed by atoms with Crippen LogP contribution in [0.4, 0.5) is 5.69 Å². The molecule has 62 valence electrons. The smallest absolute Gasteiger partial charge is 0.287 e. The van der Waals surface area contributed by atoms with Gasteiger partial charge in [0.15, 0.2) is 0 Å². The lowest BCUT2D eigenvalue weighted by Crippen LogP contribution is -2.18. The highest BCUT2D eigenvalue weighted by Gasteiger charge is 2.09. The molecule has 0 aliphatic carbocycles. The van der Waals surface area contributed by atoms with E-state index in [-0.39, 0.29) is 6.02 Å². The molecule has 0 unspecified atom stereocenters. The third-order valence-corrected chi connectivity index (χ3v) is 1.88. The average Bonchev–Trinajstić information content (AvgIpc) is 2.05. The Kier molecular flexibility index (Phi) is 1.66. The molecule has 0 amide bonds. The molecule has 2 N–H and O–H groups in total. The highest BCUT2D eigenvalue weighted by molar-refractivity contribution is 6.30. The van der Waals surface area contributed by atoms with Crippen LogP contribution >= 0.6 is 11.6 Å². The van der Waals surface area contributed by atoms with E-state index in [4.69, 9.17) is 22.1 Å². The van der Waals surface area contributed by atoms with Crippen LogP contribution in [0.25, 0.3) is 0 Å². The SMILES string of the molecule is NC1=Nc2ccc(Cl)cc2CO1. The van der Waals surface area contributed by atoms with E-state index in [9.17, 15) is 0 Å². The number of rotatable bonds is 0. The molecule has 0 fully saturated rings. The maximum atomic E-state index is 5.78. The van der Waals surface area contributed by atoms with Gasteiger partial charge in [0, 0.05) is 10.6 Å². The lowest BCUT2D eigenvalue weighted by atomic mass is 10.2. The van der Waals surface area contributed by atoms with Crippen molar-refractivity contribution in [3.8, 4) is 0 Å². The quantitative estimate of drug-likeness (QED) is 0.665. The van der Waals surface area contributed by atoms with Gasteiger partial charge >= 0.3 is 0 Å². The van der Waals surface area contributed by atoms with Crippen molar-refractivity contribution in [2.24, 2.45) is 10.7 Å². The Balaban J connectivity index is 2.51. The third-order valence-electron chi connectivity index (χ3n) is 1.65. The number of hydrogen-bond acceptors (Lipinski definition) is 3. The van der Waals surface area contributed by atoms with Gasteiger partial charge < -0.3 is 10.5 Å². The van der Waals surface area contributed by atoms with Crippen LogP contribution in [0.15, 0.2) is 23.2 Å². The molecule has 1 aliphatic heterocycles. The first-order chi connectivity index (χ1) is 5.75. The van der Waals surface area contributed by atoms with E-state index in [1.807, 2.05) is 12.1 Å². The topological polar surface area (TPSA) is 47.6 Å².